The van der Waals surface area contributed by atoms with Crippen LogP contribution in [0.1, 0.15) is 5.69 Å². The Hall–Kier alpha value is -2.02. The van der Waals surface area contributed by atoms with Gasteiger partial charge in [0.05, 0.1) is 5.02 Å². The molecular formula is C14H7Cl2N3. The van der Waals surface area contributed by atoms with Crippen molar-refractivity contribution in [3.05, 3.63) is 58.3 Å². The summed E-state index contributed by atoms with van der Waals surface area (Å²) >= 11 is 12.1. The first kappa shape index (κ1) is 12.0. The van der Waals surface area contributed by atoms with Crippen LogP contribution < -0.4 is 0 Å². The molecule has 0 bridgehead atoms. The third-order valence-corrected chi connectivity index (χ3v) is 3.37. The van der Waals surface area contributed by atoms with Crippen LogP contribution in [0, 0.1) is 11.3 Å². The molecule has 19 heavy (non-hydrogen) atoms. The number of hydrogen-bond acceptors (Lipinski definition) is 2. The minimum atomic E-state index is 0.458. The van der Waals surface area contributed by atoms with Crippen LogP contribution in [-0.2, 0) is 0 Å². The van der Waals surface area contributed by atoms with E-state index in [0.29, 0.717) is 32.6 Å². The molecule has 0 unspecified atom stereocenters. The minimum absolute atomic E-state index is 0.458. The van der Waals surface area contributed by atoms with Gasteiger partial charge in [0.25, 0.3) is 0 Å². The highest BCUT2D eigenvalue weighted by Gasteiger charge is 2.15. The van der Waals surface area contributed by atoms with E-state index in [9.17, 15) is 5.26 Å². The molecule has 0 fully saturated rings. The topological polar surface area (TPSA) is 41.1 Å². The third kappa shape index (κ3) is 1.95. The van der Waals surface area contributed by atoms with Gasteiger partial charge in [-0.2, -0.15) is 5.26 Å². The van der Waals surface area contributed by atoms with Crippen molar-refractivity contribution in [1.82, 2.24) is 9.38 Å². The van der Waals surface area contributed by atoms with Crippen LogP contribution in [-0.4, -0.2) is 9.38 Å². The van der Waals surface area contributed by atoms with Gasteiger partial charge in [-0.3, -0.25) is 4.40 Å². The predicted molar refractivity (Wildman–Crippen MR) is 75.4 cm³/mol. The Morgan fingerprint density at radius 3 is 2.74 bits per heavy atom. The monoisotopic (exact) mass is 287 g/mol. The number of halogens is 2. The van der Waals surface area contributed by atoms with Crippen molar-refractivity contribution in [3.63, 3.8) is 0 Å². The summed E-state index contributed by atoms with van der Waals surface area (Å²) in [5, 5.41) is 10.4. The molecular weight excluding hydrogens is 281 g/mol. The zero-order valence-corrected chi connectivity index (χ0v) is 11.2. The van der Waals surface area contributed by atoms with Crippen molar-refractivity contribution >= 4 is 28.8 Å². The number of hydrogen-bond donors (Lipinski definition) is 0. The van der Waals surface area contributed by atoms with Gasteiger partial charge in [0, 0.05) is 16.8 Å². The van der Waals surface area contributed by atoms with Gasteiger partial charge in [0.15, 0.2) is 5.69 Å². The second-order valence-electron chi connectivity index (χ2n) is 3.97. The van der Waals surface area contributed by atoms with Gasteiger partial charge < -0.3 is 0 Å². The second-order valence-corrected chi connectivity index (χ2v) is 4.82. The highest BCUT2D eigenvalue weighted by molar-refractivity contribution is 6.36. The molecule has 5 heteroatoms. The predicted octanol–water partition coefficient (Wildman–Crippen LogP) is 4.18. The molecule has 0 N–H and O–H groups in total. The van der Waals surface area contributed by atoms with E-state index in [1.54, 1.807) is 28.8 Å². The van der Waals surface area contributed by atoms with Crippen LogP contribution in [0.2, 0.25) is 10.0 Å². The number of fused-ring (bicyclic) bond motifs is 1. The van der Waals surface area contributed by atoms with Crippen LogP contribution in [0.25, 0.3) is 16.9 Å². The number of rotatable bonds is 1. The standard InChI is InChI=1S/C14H7Cl2N3/c15-9-4-5-10(11(16)7-9)14-12(8-17)19-6-2-1-3-13(19)18-14/h1-7H. The normalized spacial score (nSPS) is 10.6. The van der Waals surface area contributed by atoms with Gasteiger partial charge in [0.2, 0.25) is 0 Å². The summed E-state index contributed by atoms with van der Waals surface area (Å²) in [4.78, 5) is 4.46. The molecule has 3 nitrogen and oxygen atoms in total. The second kappa shape index (κ2) is 4.58. The van der Waals surface area contributed by atoms with Crippen LogP contribution in [0.3, 0.4) is 0 Å². The fourth-order valence-electron chi connectivity index (χ4n) is 1.97. The van der Waals surface area contributed by atoms with Crippen molar-refractivity contribution in [3.8, 4) is 17.3 Å². The zero-order chi connectivity index (χ0) is 13.4. The van der Waals surface area contributed by atoms with Gasteiger partial charge in [-0.05, 0) is 30.3 Å². The molecule has 2 heterocycles. The van der Waals surface area contributed by atoms with Crippen molar-refractivity contribution in [2.24, 2.45) is 0 Å². The number of nitrogens with zero attached hydrogens (tertiary/aromatic N) is 3. The smallest absolute Gasteiger partial charge is 0.152 e. The number of pyridine rings is 1. The Morgan fingerprint density at radius 2 is 2.00 bits per heavy atom. The molecule has 0 amide bonds. The molecule has 0 aliphatic rings. The van der Waals surface area contributed by atoms with E-state index >= 15 is 0 Å². The number of imidazole rings is 1. The lowest BCUT2D eigenvalue weighted by Crippen LogP contribution is -1.88. The average Bonchev–Trinajstić information content (AvgIpc) is 2.76. The van der Waals surface area contributed by atoms with Gasteiger partial charge in [-0.25, -0.2) is 4.98 Å². The van der Waals surface area contributed by atoms with E-state index < -0.39 is 0 Å². The Labute approximate surface area is 119 Å². The summed E-state index contributed by atoms with van der Waals surface area (Å²) in [5.74, 6) is 0. The quantitative estimate of drug-likeness (QED) is 0.674. The number of aromatic nitrogens is 2. The van der Waals surface area contributed by atoms with Crippen LogP contribution in [0.4, 0.5) is 0 Å². The van der Waals surface area contributed by atoms with E-state index in [0.717, 1.165) is 0 Å². The maximum absolute atomic E-state index is 9.33. The maximum atomic E-state index is 9.33. The lowest BCUT2D eigenvalue weighted by molar-refractivity contribution is 1.15. The molecule has 0 saturated carbocycles. The third-order valence-electron chi connectivity index (χ3n) is 2.82. The van der Waals surface area contributed by atoms with Crippen LogP contribution in [0.5, 0.6) is 0 Å². The maximum Gasteiger partial charge on any atom is 0.152 e. The summed E-state index contributed by atoms with van der Waals surface area (Å²) in [6, 6.07) is 12.9. The van der Waals surface area contributed by atoms with E-state index in [-0.39, 0.29) is 0 Å². The summed E-state index contributed by atoms with van der Waals surface area (Å²) < 4.78 is 1.74. The summed E-state index contributed by atoms with van der Waals surface area (Å²) in [6.45, 7) is 0. The molecule has 0 radical (unpaired) electrons. The van der Waals surface area contributed by atoms with Gasteiger partial charge in [-0.15, -0.1) is 0 Å². The molecule has 0 atom stereocenters. The van der Waals surface area contributed by atoms with Gasteiger partial charge in [0.1, 0.15) is 17.4 Å². The molecule has 2 aromatic heterocycles. The van der Waals surface area contributed by atoms with E-state index in [1.165, 1.54) is 0 Å². The molecule has 0 spiro atoms. The first-order valence-corrected chi connectivity index (χ1v) is 6.29. The van der Waals surface area contributed by atoms with Crippen molar-refractivity contribution in [1.29, 1.82) is 5.26 Å². The van der Waals surface area contributed by atoms with Crippen LogP contribution in [0.15, 0.2) is 42.6 Å². The number of nitriles is 1. The molecule has 3 aromatic rings. The van der Waals surface area contributed by atoms with Gasteiger partial charge in [-0.1, -0.05) is 29.3 Å². The summed E-state index contributed by atoms with van der Waals surface area (Å²) in [6.07, 6.45) is 1.80. The fraction of sp³-hybridized carbons (Fsp3) is 0. The highest BCUT2D eigenvalue weighted by Crippen LogP contribution is 2.32. The van der Waals surface area contributed by atoms with E-state index in [2.05, 4.69) is 11.1 Å². The largest absolute Gasteiger partial charge is 0.291 e. The molecule has 0 aliphatic heterocycles. The lowest BCUT2D eigenvalue weighted by Gasteiger charge is -2.01. The Kier molecular flexibility index (Phi) is 2.90. The van der Waals surface area contributed by atoms with Gasteiger partial charge >= 0.3 is 0 Å². The van der Waals surface area contributed by atoms with Crippen molar-refractivity contribution in [2.75, 3.05) is 0 Å². The Morgan fingerprint density at radius 1 is 1.16 bits per heavy atom. The SMILES string of the molecule is N#Cc1c(-c2ccc(Cl)cc2Cl)nc2ccccn12. The Bertz CT molecular complexity index is 815. The summed E-state index contributed by atoms with van der Waals surface area (Å²) in [7, 11) is 0. The first-order chi connectivity index (χ1) is 9.20. The van der Waals surface area contributed by atoms with Crippen LogP contribution >= 0.6 is 23.2 Å². The molecule has 3 rings (SSSR count). The molecule has 0 aliphatic carbocycles. The van der Waals surface area contributed by atoms with Crippen molar-refractivity contribution < 1.29 is 0 Å². The zero-order valence-electron chi connectivity index (χ0n) is 9.64. The Balaban J connectivity index is 2.34. The first-order valence-electron chi connectivity index (χ1n) is 5.53. The van der Waals surface area contributed by atoms with E-state index in [4.69, 9.17) is 23.2 Å². The average molecular weight is 288 g/mol. The lowest BCUT2D eigenvalue weighted by atomic mass is 10.1. The summed E-state index contributed by atoms with van der Waals surface area (Å²) in [5.41, 5.74) is 2.43. The number of benzene rings is 1. The molecule has 92 valence electrons. The molecule has 0 saturated heterocycles. The molecule has 1 aromatic carbocycles. The highest BCUT2D eigenvalue weighted by atomic mass is 35.5. The minimum Gasteiger partial charge on any atom is -0.291 e. The van der Waals surface area contributed by atoms with E-state index in [1.807, 2.05) is 18.2 Å². The van der Waals surface area contributed by atoms with Crippen molar-refractivity contribution in [2.45, 2.75) is 0 Å². The fourth-order valence-corrected chi connectivity index (χ4v) is 2.47.